The van der Waals surface area contributed by atoms with Gasteiger partial charge < -0.3 is 20.1 Å². The molecule has 5 nitrogen and oxygen atoms in total. The fourth-order valence-electron chi connectivity index (χ4n) is 3.29. The molecule has 0 radical (unpaired) electrons. The zero-order valence-electron chi connectivity index (χ0n) is 14.7. The molecule has 5 heteroatoms. The highest BCUT2D eigenvalue weighted by molar-refractivity contribution is 5.74. The van der Waals surface area contributed by atoms with Gasteiger partial charge in [-0.25, -0.2) is 4.79 Å². The summed E-state index contributed by atoms with van der Waals surface area (Å²) in [5.74, 6) is 1.80. The smallest absolute Gasteiger partial charge is 0.315 e. The maximum Gasteiger partial charge on any atom is 0.315 e. The third kappa shape index (κ3) is 4.05. The summed E-state index contributed by atoms with van der Waals surface area (Å²) in [6, 6.07) is 13.8. The maximum atomic E-state index is 12.0. The lowest BCUT2D eigenvalue weighted by atomic mass is 10.0. The van der Waals surface area contributed by atoms with Crippen molar-refractivity contribution in [3.63, 3.8) is 0 Å². The first kappa shape index (κ1) is 17.1. The Labute approximate surface area is 148 Å². The Morgan fingerprint density at radius 2 is 1.80 bits per heavy atom. The van der Waals surface area contributed by atoms with Crippen molar-refractivity contribution < 1.29 is 14.3 Å². The molecule has 2 amide bonds. The van der Waals surface area contributed by atoms with Gasteiger partial charge in [-0.05, 0) is 41.7 Å². The van der Waals surface area contributed by atoms with Crippen molar-refractivity contribution in [2.24, 2.45) is 0 Å². The number of hydrogen-bond acceptors (Lipinski definition) is 3. The zero-order valence-corrected chi connectivity index (χ0v) is 14.7. The van der Waals surface area contributed by atoms with Crippen LogP contribution in [-0.2, 0) is 13.0 Å². The number of carbonyl (C=O) groups is 1. The molecule has 25 heavy (non-hydrogen) atoms. The Hall–Kier alpha value is -2.69. The molecule has 2 aromatic rings. The second kappa shape index (κ2) is 7.92. The zero-order chi connectivity index (χ0) is 17.6. The number of ether oxygens (including phenoxy) is 2. The van der Waals surface area contributed by atoms with Crippen LogP contribution >= 0.6 is 0 Å². The van der Waals surface area contributed by atoms with Gasteiger partial charge in [0.05, 0.1) is 14.2 Å². The number of aryl methyl sites for hydroxylation is 1. The lowest BCUT2D eigenvalue weighted by molar-refractivity contribution is 0.240. The van der Waals surface area contributed by atoms with Crippen LogP contribution in [0.15, 0.2) is 42.5 Å². The summed E-state index contributed by atoms with van der Waals surface area (Å²) in [7, 11) is 3.29. The van der Waals surface area contributed by atoms with Gasteiger partial charge in [0.15, 0.2) is 11.5 Å². The Bertz CT molecular complexity index is 731. The van der Waals surface area contributed by atoms with Crippen LogP contribution < -0.4 is 20.1 Å². The van der Waals surface area contributed by atoms with E-state index < -0.39 is 0 Å². The summed E-state index contributed by atoms with van der Waals surface area (Å²) in [4.78, 5) is 12.0. The third-order valence-electron chi connectivity index (χ3n) is 4.65. The Morgan fingerprint density at radius 1 is 1.08 bits per heavy atom. The molecule has 1 unspecified atom stereocenters. The molecule has 1 atom stereocenters. The van der Waals surface area contributed by atoms with Crippen molar-refractivity contribution >= 4 is 6.03 Å². The van der Waals surface area contributed by atoms with Crippen molar-refractivity contribution in [1.82, 2.24) is 10.6 Å². The number of amides is 2. The number of rotatable bonds is 6. The molecule has 0 spiro atoms. The summed E-state index contributed by atoms with van der Waals surface area (Å²) in [6.07, 6.45) is 2.01. The highest BCUT2D eigenvalue weighted by Crippen LogP contribution is 2.40. The number of urea groups is 1. The third-order valence-corrected chi connectivity index (χ3v) is 4.65. The summed E-state index contributed by atoms with van der Waals surface area (Å²) in [5, 5.41) is 5.87. The van der Waals surface area contributed by atoms with Gasteiger partial charge in [0.1, 0.15) is 0 Å². The van der Waals surface area contributed by atoms with Crippen LogP contribution in [0.2, 0.25) is 0 Å². The fourth-order valence-corrected chi connectivity index (χ4v) is 3.29. The fraction of sp³-hybridized carbons (Fsp3) is 0.350. The lowest BCUT2D eigenvalue weighted by Crippen LogP contribution is -2.37. The first-order chi connectivity index (χ1) is 12.2. The number of hydrogen-bond donors (Lipinski definition) is 2. The van der Waals surface area contributed by atoms with Gasteiger partial charge in [0.25, 0.3) is 0 Å². The number of carbonyl (C=O) groups excluding carboxylic acids is 1. The molecule has 1 aliphatic carbocycles. The Kier molecular flexibility index (Phi) is 5.43. The summed E-state index contributed by atoms with van der Waals surface area (Å²) < 4.78 is 10.8. The average Bonchev–Trinajstić information content (AvgIpc) is 3.06. The molecular formula is C20H24N2O3. The van der Waals surface area contributed by atoms with Gasteiger partial charge in [-0.3, -0.25) is 0 Å². The second-order valence-corrected chi connectivity index (χ2v) is 6.19. The van der Waals surface area contributed by atoms with Crippen molar-refractivity contribution in [2.45, 2.75) is 25.3 Å². The highest BCUT2D eigenvalue weighted by atomic mass is 16.5. The molecule has 1 aliphatic rings. The molecule has 3 rings (SSSR count). The Morgan fingerprint density at radius 3 is 2.52 bits per heavy atom. The lowest BCUT2D eigenvalue weighted by Gasteiger charge is -2.16. The van der Waals surface area contributed by atoms with Crippen molar-refractivity contribution in [3.8, 4) is 11.5 Å². The Balaban J connectivity index is 1.56. The topological polar surface area (TPSA) is 59.6 Å². The highest BCUT2D eigenvalue weighted by Gasteiger charge is 2.25. The van der Waals surface area contributed by atoms with E-state index in [2.05, 4.69) is 10.6 Å². The van der Waals surface area contributed by atoms with Crippen molar-refractivity contribution in [3.05, 3.63) is 59.2 Å². The van der Waals surface area contributed by atoms with Crippen LogP contribution in [-0.4, -0.2) is 26.8 Å². The van der Waals surface area contributed by atoms with E-state index in [0.717, 1.165) is 29.9 Å². The molecule has 2 aromatic carbocycles. The minimum absolute atomic E-state index is 0.141. The van der Waals surface area contributed by atoms with Crippen LogP contribution in [0.5, 0.6) is 11.5 Å². The molecule has 0 heterocycles. The van der Waals surface area contributed by atoms with Gasteiger partial charge in [-0.15, -0.1) is 0 Å². The van der Waals surface area contributed by atoms with E-state index in [1.54, 1.807) is 14.2 Å². The van der Waals surface area contributed by atoms with Gasteiger partial charge in [-0.1, -0.05) is 30.3 Å². The van der Waals surface area contributed by atoms with Crippen LogP contribution in [0.3, 0.4) is 0 Å². The second-order valence-electron chi connectivity index (χ2n) is 6.19. The normalized spacial score (nSPS) is 15.4. The van der Waals surface area contributed by atoms with Crippen molar-refractivity contribution in [2.75, 3.05) is 20.8 Å². The largest absolute Gasteiger partial charge is 0.493 e. The van der Waals surface area contributed by atoms with Crippen LogP contribution in [0, 0.1) is 0 Å². The molecule has 0 bridgehead atoms. The van der Waals surface area contributed by atoms with E-state index in [1.165, 1.54) is 11.1 Å². The van der Waals surface area contributed by atoms with Crippen molar-refractivity contribution in [1.29, 1.82) is 0 Å². The molecule has 0 aromatic heterocycles. The first-order valence-corrected chi connectivity index (χ1v) is 8.51. The van der Waals surface area contributed by atoms with Crippen LogP contribution in [0.4, 0.5) is 4.79 Å². The van der Waals surface area contributed by atoms with Gasteiger partial charge >= 0.3 is 6.03 Å². The summed E-state index contributed by atoms with van der Waals surface area (Å²) in [6.45, 7) is 1.14. The standard InChI is InChI=1S/C20H24N2O3/c1-24-18-10-15-8-9-16(17(15)11-19(18)25-2)13-22-20(23)21-12-14-6-4-3-5-7-14/h3-7,10-11,16H,8-9,12-13H2,1-2H3,(H2,21,22,23). The minimum Gasteiger partial charge on any atom is -0.493 e. The molecule has 132 valence electrons. The van der Waals surface area contributed by atoms with E-state index in [4.69, 9.17) is 9.47 Å². The SMILES string of the molecule is COc1cc2c(cc1OC)C(CNC(=O)NCc1ccccc1)CC2. The van der Waals surface area contributed by atoms with Gasteiger partial charge in [-0.2, -0.15) is 0 Å². The minimum atomic E-state index is -0.141. The molecule has 0 aliphatic heterocycles. The number of nitrogens with one attached hydrogen (secondary N) is 2. The van der Waals surface area contributed by atoms with E-state index in [-0.39, 0.29) is 6.03 Å². The molecule has 0 saturated heterocycles. The summed E-state index contributed by atoms with van der Waals surface area (Å²) in [5.41, 5.74) is 3.59. The summed E-state index contributed by atoms with van der Waals surface area (Å²) >= 11 is 0. The predicted molar refractivity (Wildman–Crippen MR) is 97.3 cm³/mol. The predicted octanol–water partition coefficient (Wildman–Crippen LogP) is 3.23. The van der Waals surface area contributed by atoms with E-state index in [0.29, 0.717) is 19.0 Å². The molecular weight excluding hydrogens is 316 g/mol. The maximum absolute atomic E-state index is 12.0. The van der Waals surface area contributed by atoms with E-state index in [1.807, 2.05) is 42.5 Å². The number of benzene rings is 2. The molecule has 2 N–H and O–H groups in total. The van der Waals surface area contributed by atoms with Gasteiger partial charge in [0.2, 0.25) is 0 Å². The average molecular weight is 340 g/mol. The van der Waals surface area contributed by atoms with E-state index >= 15 is 0 Å². The number of methoxy groups -OCH3 is 2. The van der Waals surface area contributed by atoms with Crippen LogP contribution in [0.25, 0.3) is 0 Å². The number of fused-ring (bicyclic) bond motifs is 1. The van der Waals surface area contributed by atoms with Gasteiger partial charge in [0, 0.05) is 19.0 Å². The molecule has 0 saturated carbocycles. The first-order valence-electron chi connectivity index (χ1n) is 8.51. The molecule has 0 fully saturated rings. The quantitative estimate of drug-likeness (QED) is 0.849. The monoisotopic (exact) mass is 340 g/mol. The van der Waals surface area contributed by atoms with Crippen LogP contribution in [0.1, 0.15) is 29.0 Å². The van der Waals surface area contributed by atoms with E-state index in [9.17, 15) is 4.79 Å².